The molecular weight excluding hydrogens is 184 g/mol. The minimum atomic E-state index is 1.14. The first-order valence-electron chi connectivity index (χ1n) is 6.91. The predicted octanol–water partition coefficient (Wildman–Crippen LogP) is 2.69. The molecule has 90 valence electrons. The molecule has 0 saturated carbocycles. The van der Waals surface area contributed by atoms with Crippen molar-refractivity contribution >= 4 is 0 Å². The van der Waals surface area contributed by atoms with Crippen LogP contribution in [0.15, 0.2) is 0 Å². The zero-order valence-electron chi connectivity index (χ0n) is 10.2. The van der Waals surface area contributed by atoms with Crippen molar-refractivity contribution < 1.29 is 0 Å². The average molecular weight is 212 g/mol. The van der Waals surface area contributed by atoms with Crippen LogP contribution in [-0.2, 0) is 0 Å². The minimum Gasteiger partial charge on any atom is -0.315 e. The van der Waals surface area contributed by atoms with E-state index in [-0.39, 0.29) is 0 Å². The molecule has 0 amide bonds. The fraction of sp³-hybridized carbons (Fsp3) is 1.00. The normalized spacial score (nSPS) is 24.0. The molecular formula is C13H28N2. The molecule has 1 fully saturated rings. The Morgan fingerprint density at radius 1 is 0.333 bits per heavy atom. The second-order valence-corrected chi connectivity index (χ2v) is 4.68. The monoisotopic (exact) mass is 212 g/mol. The Balaban J connectivity index is 2.01. The van der Waals surface area contributed by atoms with E-state index in [0.29, 0.717) is 0 Å². The van der Waals surface area contributed by atoms with Gasteiger partial charge < -0.3 is 10.6 Å². The van der Waals surface area contributed by atoms with Crippen LogP contribution in [0.1, 0.15) is 57.8 Å². The van der Waals surface area contributed by atoms with E-state index in [9.17, 15) is 0 Å². The van der Waals surface area contributed by atoms with Crippen LogP contribution in [0.3, 0.4) is 0 Å². The van der Waals surface area contributed by atoms with E-state index in [0.717, 1.165) is 13.1 Å². The fourth-order valence-electron chi connectivity index (χ4n) is 2.16. The molecule has 0 aliphatic carbocycles. The Hall–Kier alpha value is -0.0800. The highest BCUT2D eigenvalue weighted by Crippen LogP contribution is 2.09. The van der Waals surface area contributed by atoms with Gasteiger partial charge in [0.25, 0.3) is 0 Å². The van der Waals surface area contributed by atoms with E-state index < -0.39 is 0 Å². The lowest BCUT2D eigenvalue weighted by atomic mass is 10.1. The Labute approximate surface area is 95.2 Å². The zero-order valence-corrected chi connectivity index (χ0v) is 10.2. The maximum atomic E-state index is 3.49. The Morgan fingerprint density at radius 3 is 1.07 bits per heavy atom. The number of hydrogen-bond acceptors (Lipinski definition) is 2. The van der Waals surface area contributed by atoms with Crippen LogP contribution in [0, 0.1) is 0 Å². The van der Waals surface area contributed by atoms with E-state index in [1.54, 1.807) is 0 Å². The third kappa shape index (κ3) is 8.88. The molecule has 0 spiro atoms. The molecule has 0 unspecified atom stereocenters. The molecule has 1 heterocycles. The van der Waals surface area contributed by atoms with Gasteiger partial charge in [-0.2, -0.15) is 0 Å². The van der Waals surface area contributed by atoms with E-state index in [2.05, 4.69) is 10.6 Å². The summed E-state index contributed by atoms with van der Waals surface area (Å²) in [6.45, 7) is 4.70. The van der Waals surface area contributed by atoms with Crippen molar-refractivity contribution in [1.82, 2.24) is 10.6 Å². The number of rotatable bonds is 0. The third-order valence-electron chi connectivity index (χ3n) is 3.19. The molecule has 15 heavy (non-hydrogen) atoms. The minimum absolute atomic E-state index is 1.14. The van der Waals surface area contributed by atoms with Gasteiger partial charge in [0, 0.05) is 13.1 Å². The lowest BCUT2D eigenvalue weighted by Crippen LogP contribution is -2.28. The third-order valence-corrected chi connectivity index (χ3v) is 3.19. The summed E-state index contributed by atoms with van der Waals surface area (Å²) in [7, 11) is 0. The maximum Gasteiger partial charge on any atom is 0.00767 e. The van der Waals surface area contributed by atoms with E-state index in [1.165, 1.54) is 70.9 Å². The summed E-state index contributed by atoms with van der Waals surface area (Å²) in [5, 5.41) is 6.98. The SMILES string of the molecule is C1CCCCCNCCNCCCCC1. The number of nitrogens with one attached hydrogen (secondary N) is 2. The maximum absolute atomic E-state index is 3.49. The summed E-state index contributed by atoms with van der Waals surface area (Å²) in [5.74, 6) is 0. The number of hydrogen-bond donors (Lipinski definition) is 2. The van der Waals surface area contributed by atoms with Crippen LogP contribution in [0.4, 0.5) is 0 Å². The summed E-state index contributed by atoms with van der Waals surface area (Å²) < 4.78 is 0. The van der Waals surface area contributed by atoms with Crippen molar-refractivity contribution in [1.29, 1.82) is 0 Å². The molecule has 0 radical (unpaired) electrons. The standard InChI is InChI=1S/C13H28N2/c1-2-4-6-8-10-14-12-13-15-11-9-7-5-3-1/h14-15H,1-13H2. The summed E-state index contributed by atoms with van der Waals surface area (Å²) in [6, 6.07) is 0. The molecule has 2 N–H and O–H groups in total. The second-order valence-electron chi connectivity index (χ2n) is 4.68. The van der Waals surface area contributed by atoms with Gasteiger partial charge in [0.05, 0.1) is 0 Å². The molecule has 0 aromatic carbocycles. The predicted molar refractivity (Wildman–Crippen MR) is 67.3 cm³/mol. The molecule has 2 heteroatoms. The van der Waals surface area contributed by atoms with Crippen LogP contribution in [-0.4, -0.2) is 26.2 Å². The first-order valence-corrected chi connectivity index (χ1v) is 6.91. The van der Waals surface area contributed by atoms with Gasteiger partial charge in [-0.05, 0) is 25.9 Å². The average Bonchev–Trinajstić information content (AvgIpc) is 2.27. The Morgan fingerprint density at radius 2 is 0.667 bits per heavy atom. The highest BCUT2D eigenvalue weighted by molar-refractivity contribution is 4.55. The van der Waals surface area contributed by atoms with Crippen LogP contribution in [0.5, 0.6) is 0 Å². The van der Waals surface area contributed by atoms with Gasteiger partial charge in [-0.3, -0.25) is 0 Å². The first-order chi connectivity index (χ1) is 7.50. The Kier molecular flexibility index (Phi) is 9.04. The first kappa shape index (κ1) is 13.0. The van der Waals surface area contributed by atoms with Crippen molar-refractivity contribution in [2.75, 3.05) is 26.2 Å². The summed E-state index contributed by atoms with van der Waals surface area (Å²) in [4.78, 5) is 0. The highest BCUT2D eigenvalue weighted by Gasteiger charge is 1.95. The summed E-state index contributed by atoms with van der Waals surface area (Å²) in [5.41, 5.74) is 0. The van der Waals surface area contributed by atoms with Crippen molar-refractivity contribution in [3.05, 3.63) is 0 Å². The van der Waals surface area contributed by atoms with Crippen molar-refractivity contribution in [2.45, 2.75) is 57.8 Å². The van der Waals surface area contributed by atoms with E-state index in [1.807, 2.05) is 0 Å². The molecule has 1 saturated heterocycles. The van der Waals surface area contributed by atoms with Crippen molar-refractivity contribution in [2.24, 2.45) is 0 Å². The molecule has 0 atom stereocenters. The molecule has 0 aromatic heterocycles. The molecule has 1 rings (SSSR count). The molecule has 2 nitrogen and oxygen atoms in total. The summed E-state index contributed by atoms with van der Waals surface area (Å²) >= 11 is 0. The smallest absolute Gasteiger partial charge is 0.00767 e. The molecule has 0 aromatic rings. The highest BCUT2D eigenvalue weighted by atomic mass is 14.9. The second kappa shape index (κ2) is 10.4. The van der Waals surface area contributed by atoms with Gasteiger partial charge in [0.1, 0.15) is 0 Å². The fourth-order valence-corrected chi connectivity index (χ4v) is 2.16. The van der Waals surface area contributed by atoms with Crippen LogP contribution in [0.25, 0.3) is 0 Å². The van der Waals surface area contributed by atoms with E-state index >= 15 is 0 Å². The molecule has 0 bridgehead atoms. The largest absolute Gasteiger partial charge is 0.315 e. The van der Waals surface area contributed by atoms with Crippen LogP contribution < -0.4 is 10.6 Å². The van der Waals surface area contributed by atoms with Gasteiger partial charge in [-0.15, -0.1) is 0 Å². The lowest BCUT2D eigenvalue weighted by molar-refractivity contribution is 0.554. The van der Waals surface area contributed by atoms with Gasteiger partial charge >= 0.3 is 0 Å². The van der Waals surface area contributed by atoms with Crippen LogP contribution in [0.2, 0.25) is 0 Å². The van der Waals surface area contributed by atoms with Crippen molar-refractivity contribution in [3.63, 3.8) is 0 Å². The van der Waals surface area contributed by atoms with Crippen LogP contribution >= 0.6 is 0 Å². The van der Waals surface area contributed by atoms with Gasteiger partial charge in [0.15, 0.2) is 0 Å². The Bertz CT molecular complexity index is 67.1. The lowest BCUT2D eigenvalue weighted by Gasteiger charge is -2.05. The van der Waals surface area contributed by atoms with Gasteiger partial charge in [0.2, 0.25) is 0 Å². The zero-order chi connectivity index (χ0) is 10.6. The van der Waals surface area contributed by atoms with Crippen molar-refractivity contribution in [3.8, 4) is 0 Å². The summed E-state index contributed by atoms with van der Waals surface area (Å²) in [6.07, 6.45) is 12.8. The quantitative estimate of drug-likeness (QED) is 0.645. The van der Waals surface area contributed by atoms with Gasteiger partial charge in [-0.25, -0.2) is 0 Å². The molecule has 1 aliphatic heterocycles. The van der Waals surface area contributed by atoms with Gasteiger partial charge in [-0.1, -0.05) is 44.9 Å². The topological polar surface area (TPSA) is 24.1 Å². The molecule has 1 aliphatic rings. The van der Waals surface area contributed by atoms with E-state index in [4.69, 9.17) is 0 Å².